The summed E-state index contributed by atoms with van der Waals surface area (Å²) in [5.74, 6) is 1.48. The van der Waals surface area contributed by atoms with Gasteiger partial charge in [-0.25, -0.2) is 0 Å². The number of amidine groups is 1. The maximum atomic E-state index is 2.60. The third kappa shape index (κ3) is 10.3. The van der Waals surface area contributed by atoms with Gasteiger partial charge < -0.3 is 0 Å². The zero-order chi connectivity index (χ0) is 20.6. The summed E-state index contributed by atoms with van der Waals surface area (Å²) in [4.78, 5) is 2.60. The van der Waals surface area contributed by atoms with Gasteiger partial charge in [0, 0.05) is 6.92 Å². The second-order valence-electron chi connectivity index (χ2n) is 9.04. The van der Waals surface area contributed by atoms with E-state index >= 15 is 0 Å². The molecule has 0 fully saturated rings. The van der Waals surface area contributed by atoms with Crippen LogP contribution in [0.1, 0.15) is 109 Å². The molecular formula is C27H47N2+. The van der Waals surface area contributed by atoms with Gasteiger partial charge in [-0.2, -0.15) is 0 Å². The van der Waals surface area contributed by atoms with E-state index in [9.17, 15) is 0 Å². The molecule has 0 saturated heterocycles. The average molecular weight is 400 g/mol. The summed E-state index contributed by atoms with van der Waals surface area (Å²) in [5, 5.41) is 0. The lowest BCUT2D eigenvalue weighted by molar-refractivity contribution is -0.534. The van der Waals surface area contributed by atoms with Gasteiger partial charge in [0.25, 0.3) is 0 Å². The Balaban J connectivity index is 1.42. The van der Waals surface area contributed by atoms with E-state index in [2.05, 4.69) is 53.7 Å². The molecule has 164 valence electrons. The van der Waals surface area contributed by atoms with E-state index < -0.39 is 0 Å². The Morgan fingerprint density at radius 1 is 0.724 bits per heavy atom. The first-order chi connectivity index (χ1) is 14.3. The molecule has 2 nitrogen and oxygen atoms in total. The minimum atomic E-state index is 1.06. The van der Waals surface area contributed by atoms with Gasteiger partial charge in [-0.1, -0.05) is 114 Å². The predicted molar refractivity (Wildman–Crippen MR) is 128 cm³/mol. The van der Waals surface area contributed by atoms with Crippen LogP contribution in [0.25, 0.3) is 0 Å². The first-order valence-corrected chi connectivity index (χ1v) is 12.7. The summed E-state index contributed by atoms with van der Waals surface area (Å²) in [6, 6.07) is 10.9. The van der Waals surface area contributed by atoms with Crippen LogP contribution in [0.2, 0.25) is 0 Å². The third-order valence-electron chi connectivity index (χ3n) is 6.55. The Bertz CT molecular complexity index is 549. The largest absolute Gasteiger partial charge is 0.262 e. The quantitative estimate of drug-likeness (QED) is 0.195. The van der Waals surface area contributed by atoms with Crippen LogP contribution in [0.15, 0.2) is 30.3 Å². The zero-order valence-electron chi connectivity index (χ0n) is 19.5. The van der Waals surface area contributed by atoms with Crippen molar-refractivity contribution in [2.45, 2.75) is 110 Å². The van der Waals surface area contributed by atoms with Crippen LogP contribution in [0.4, 0.5) is 0 Å². The molecule has 0 N–H and O–H groups in total. The molecule has 1 aromatic carbocycles. The SMILES string of the molecule is CCCCCCCCCCCCCCCCN1CC[N+](Cc2ccccc2)=C1C. The molecule has 1 aromatic rings. The van der Waals surface area contributed by atoms with Crippen molar-refractivity contribution >= 4 is 5.84 Å². The molecule has 0 bridgehead atoms. The van der Waals surface area contributed by atoms with Gasteiger partial charge in [0.05, 0.1) is 6.54 Å². The van der Waals surface area contributed by atoms with E-state index in [1.807, 2.05) is 0 Å². The molecular weight excluding hydrogens is 352 g/mol. The monoisotopic (exact) mass is 399 g/mol. The van der Waals surface area contributed by atoms with Crippen LogP contribution >= 0.6 is 0 Å². The van der Waals surface area contributed by atoms with Gasteiger partial charge in [-0.05, 0) is 18.4 Å². The highest BCUT2D eigenvalue weighted by Gasteiger charge is 2.25. The minimum absolute atomic E-state index is 1.06. The van der Waals surface area contributed by atoms with Gasteiger partial charge in [-0.15, -0.1) is 0 Å². The Kier molecular flexibility index (Phi) is 12.8. The van der Waals surface area contributed by atoms with Crippen molar-refractivity contribution in [3.8, 4) is 0 Å². The van der Waals surface area contributed by atoms with Gasteiger partial charge in [0.1, 0.15) is 19.6 Å². The molecule has 0 spiro atoms. The summed E-state index contributed by atoms with van der Waals surface area (Å²) < 4.78 is 2.54. The van der Waals surface area contributed by atoms with E-state index in [4.69, 9.17) is 0 Å². The lowest BCUT2D eigenvalue weighted by Gasteiger charge is -2.11. The van der Waals surface area contributed by atoms with Crippen LogP contribution in [0.5, 0.6) is 0 Å². The standard InChI is InChI=1S/C27H47N2/c1-3-4-5-6-7-8-9-10-11-12-13-14-15-19-22-28-23-24-29(26(28)2)25-27-20-17-16-18-21-27/h16-18,20-21H,3-15,19,22-25H2,1-2H3/q+1. The molecule has 0 aliphatic carbocycles. The maximum absolute atomic E-state index is 2.60. The Morgan fingerprint density at radius 3 is 1.79 bits per heavy atom. The van der Waals surface area contributed by atoms with E-state index in [1.54, 1.807) is 0 Å². The second-order valence-corrected chi connectivity index (χ2v) is 9.04. The van der Waals surface area contributed by atoms with E-state index in [0.29, 0.717) is 0 Å². The summed E-state index contributed by atoms with van der Waals surface area (Å²) >= 11 is 0. The topological polar surface area (TPSA) is 6.25 Å². The highest BCUT2D eigenvalue weighted by Crippen LogP contribution is 2.14. The van der Waals surface area contributed by atoms with Crippen molar-refractivity contribution in [2.24, 2.45) is 0 Å². The second kappa shape index (κ2) is 15.5. The van der Waals surface area contributed by atoms with Gasteiger partial charge in [0.2, 0.25) is 5.84 Å². The fourth-order valence-corrected chi connectivity index (χ4v) is 4.53. The highest BCUT2D eigenvalue weighted by molar-refractivity contribution is 5.75. The highest BCUT2D eigenvalue weighted by atomic mass is 15.3. The van der Waals surface area contributed by atoms with Crippen molar-refractivity contribution in [2.75, 3.05) is 19.6 Å². The molecule has 1 heterocycles. The molecule has 2 rings (SSSR count). The van der Waals surface area contributed by atoms with Crippen LogP contribution in [0.3, 0.4) is 0 Å². The maximum Gasteiger partial charge on any atom is 0.244 e. The third-order valence-corrected chi connectivity index (χ3v) is 6.55. The molecule has 0 radical (unpaired) electrons. The summed E-state index contributed by atoms with van der Waals surface area (Å²) in [7, 11) is 0. The number of nitrogens with zero attached hydrogens (tertiary/aromatic N) is 2. The predicted octanol–water partition coefficient (Wildman–Crippen LogP) is 7.41. The first-order valence-electron chi connectivity index (χ1n) is 12.7. The van der Waals surface area contributed by atoms with Gasteiger partial charge in [0.15, 0.2) is 0 Å². The number of unbranched alkanes of at least 4 members (excludes halogenated alkanes) is 13. The van der Waals surface area contributed by atoms with Crippen molar-refractivity contribution in [3.63, 3.8) is 0 Å². The lowest BCUT2D eigenvalue weighted by Crippen LogP contribution is -2.28. The number of rotatable bonds is 17. The number of hydrogen-bond acceptors (Lipinski definition) is 1. The molecule has 0 aromatic heterocycles. The van der Waals surface area contributed by atoms with E-state index in [-0.39, 0.29) is 0 Å². The van der Waals surface area contributed by atoms with Crippen LogP contribution < -0.4 is 0 Å². The van der Waals surface area contributed by atoms with E-state index in [1.165, 1.54) is 121 Å². The van der Waals surface area contributed by atoms with Crippen molar-refractivity contribution in [1.82, 2.24) is 4.90 Å². The smallest absolute Gasteiger partial charge is 0.244 e. The normalized spacial score (nSPS) is 14.2. The number of benzene rings is 1. The molecule has 1 aliphatic heterocycles. The van der Waals surface area contributed by atoms with Crippen molar-refractivity contribution in [1.29, 1.82) is 0 Å². The van der Waals surface area contributed by atoms with Crippen LogP contribution in [-0.2, 0) is 6.54 Å². The average Bonchev–Trinajstić information content (AvgIpc) is 3.08. The fourth-order valence-electron chi connectivity index (χ4n) is 4.53. The summed E-state index contributed by atoms with van der Waals surface area (Å²) in [6.07, 6.45) is 20.1. The Labute approximate surface area is 181 Å². The molecule has 0 atom stereocenters. The lowest BCUT2D eigenvalue weighted by atomic mass is 10.0. The molecule has 0 saturated carbocycles. The number of hydrogen-bond donors (Lipinski definition) is 0. The molecule has 1 aliphatic rings. The van der Waals surface area contributed by atoms with Crippen LogP contribution in [-0.4, -0.2) is 34.9 Å². The van der Waals surface area contributed by atoms with E-state index in [0.717, 1.165) is 6.54 Å². The van der Waals surface area contributed by atoms with Crippen molar-refractivity contribution in [3.05, 3.63) is 35.9 Å². The van der Waals surface area contributed by atoms with Crippen molar-refractivity contribution < 1.29 is 4.58 Å². The summed E-state index contributed by atoms with van der Waals surface area (Å²) in [6.45, 7) is 9.29. The first kappa shape index (κ1) is 24.0. The molecule has 2 heteroatoms. The Hall–Kier alpha value is -1.31. The molecule has 0 unspecified atom stereocenters. The Morgan fingerprint density at radius 2 is 1.24 bits per heavy atom. The zero-order valence-corrected chi connectivity index (χ0v) is 19.5. The molecule has 0 amide bonds. The summed E-state index contributed by atoms with van der Waals surface area (Å²) in [5.41, 5.74) is 1.42. The van der Waals surface area contributed by atoms with Gasteiger partial charge in [-0.3, -0.25) is 9.48 Å². The molecule has 29 heavy (non-hydrogen) atoms. The fraction of sp³-hybridized carbons (Fsp3) is 0.741. The van der Waals surface area contributed by atoms with Crippen LogP contribution in [0, 0.1) is 0 Å². The van der Waals surface area contributed by atoms with Gasteiger partial charge >= 0.3 is 0 Å². The minimum Gasteiger partial charge on any atom is -0.262 e.